The quantitative estimate of drug-likeness (QED) is 0.148. The van der Waals surface area contributed by atoms with Gasteiger partial charge in [-0.3, -0.25) is 19.3 Å². The van der Waals surface area contributed by atoms with E-state index in [-0.39, 0.29) is 28.6 Å². The predicted molar refractivity (Wildman–Crippen MR) is 208 cm³/mol. The molecule has 0 aliphatic carbocycles. The molecule has 276 valence electrons. The van der Waals surface area contributed by atoms with Gasteiger partial charge in [0.25, 0.3) is 11.5 Å². The molecule has 1 aliphatic heterocycles. The summed E-state index contributed by atoms with van der Waals surface area (Å²) in [5.74, 6) is -0.0603. The lowest BCUT2D eigenvalue weighted by Gasteiger charge is -2.38. The van der Waals surface area contributed by atoms with E-state index in [1.807, 2.05) is 73.7 Å². The topological polar surface area (TPSA) is 121 Å². The van der Waals surface area contributed by atoms with Crippen molar-refractivity contribution in [1.82, 2.24) is 24.7 Å². The second kappa shape index (κ2) is 17.1. The zero-order valence-electron chi connectivity index (χ0n) is 31.6. The molecule has 1 aliphatic rings. The number of nitrogens with one attached hydrogen (secondary N) is 3. The monoisotopic (exact) mass is 707 g/mol. The lowest BCUT2D eigenvalue weighted by molar-refractivity contribution is -0.127. The Morgan fingerprint density at radius 1 is 0.962 bits per heavy atom. The average Bonchev–Trinajstić information content (AvgIpc) is 3.13. The van der Waals surface area contributed by atoms with Crippen LogP contribution >= 0.6 is 0 Å². The van der Waals surface area contributed by atoms with Crippen molar-refractivity contribution >= 4 is 29.0 Å². The number of nitrogens with zero attached hydrogens (tertiary/aromatic N) is 4. The Labute approximate surface area is 307 Å². The van der Waals surface area contributed by atoms with Gasteiger partial charge in [-0.25, -0.2) is 4.98 Å². The molecular weight excluding hydrogens is 654 g/mol. The number of aromatic nitrogens is 2. The van der Waals surface area contributed by atoms with E-state index in [1.54, 1.807) is 20.4 Å². The maximum absolute atomic E-state index is 13.5. The smallest absolute Gasteiger partial charge is 0.293 e. The summed E-state index contributed by atoms with van der Waals surface area (Å²) in [5.41, 5.74) is 5.87. The maximum atomic E-state index is 13.5. The molecule has 0 bridgehead atoms. The van der Waals surface area contributed by atoms with Crippen LogP contribution in [-0.2, 0) is 22.0 Å². The molecule has 1 saturated heterocycles. The Morgan fingerprint density at radius 2 is 1.65 bits per heavy atom. The van der Waals surface area contributed by atoms with Crippen molar-refractivity contribution in [3.05, 3.63) is 106 Å². The molecule has 11 nitrogen and oxygen atoms in total. The number of methoxy groups -OCH3 is 1. The molecular formula is C41H53N7O4. The first-order chi connectivity index (χ1) is 24.9. The second-order valence-corrected chi connectivity index (χ2v) is 14.4. The van der Waals surface area contributed by atoms with Gasteiger partial charge in [0.2, 0.25) is 5.91 Å². The van der Waals surface area contributed by atoms with Gasteiger partial charge in [-0.1, -0.05) is 64.1 Å². The number of anilines is 3. The Balaban J connectivity index is 1.35. The normalized spacial score (nSPS) is 14.5. The fourth-order valence-corrected chi connectivity index (χ4v) is 6.46. The number of hydrogen-bond donors (Lipinski definition) is 3. The molecule has 1 unspecified atom stereocenters. The molecule has 0 spiro atoms. The first-order valence-corrected chi connectivity index (χ1v) is 18.1. The molecule has 3 N–H and O–H groups in total. The van der Waals surface area contributed by atoms with Crippen LogP contribution < -0.4 is 21.5 Å². The van der Waals surface area contributed by atoms with Gasteiger partial charge in [0.15, 0.2) is 5.82 Å². The number of likely N-dealkylation sites (N-methyl/N-ethyl adjacent to an activating group) is 1. The molecule has 52 heavy (non-hydrogen) atoms. The molecule has 2 heterocycles. The van der Waals surface area contributed by atoms with Crippen molar-refractivity contribution in [3.63, 3.8) is 0 Å². The van der Waals surface area contributed by atoms with Crippen molar-refractivity contribution < 1.29 is 14.3 Å². The highest BCUT2D eigenvalue weighted by molar-refractivity contribution is 6.05. The van der Waals surface area contributed by atoms with Gasteiger partial charge in [-0.05, 0) is 72.3 Å². The summed E-state index contributed by atoms with van der Waals surface area (Å²) in [6.07, 6.45) is 2.44. The summed E-state index contributed by atoms with van der Waals surface area (Å²) >= 11 is 0. The van der Waals surface area contributed by atoms with Crippen LogP contribution in [-0.4, -0.2) is 84.2 Å². The molecule has 4 aromatic rings. The van der Waals surface area contributed by atoms with Gasteiger partial charge in [0.1, 0.15) is 6.04 Å². The number of carbonyl (C=O) groups excluding carboxylic acids is 2. The van der Waals surface area contributed by atoms with E-state index < -0.39 is 6.04 Å². The van der Waals surface area contributed by atoms with E-state index in [4.69, 9.17) is 9.72 Å². The van der Waals surface area contributed by atoms with E-state index in [1.165, 1.54) is 4.57 Å². The predicted octanol–water partition coefficient (Wildman–Crippen LogP) is 5.88. The number of hydrogen-bond acceptors (Lipinski definition) is 8. The number of benzene rings is 3. The first kappa shape index (κ1) is 38.4. The Bertz CT molecular complexity index is 1890. The third-order valence-corrected chi connectivity index (χ3v) is 9.72. The summed E-state index contributed by atoms with van der Waals surface area (Å²) in [6, 6.07) is 20.5. The highest BCUT2D eigenvalue weighted by Gasteiger charge is 2.30. The molecule has 2 amide bonds. The van der Waals surface area contributed by atoms with E-state index in [2.05, 4.69) is 53.4 Å². The highest BCUT2D eigenvalue weighted by atomic mass is 16.5. The fraction of sp³-hybridized carbons (Fsp3) is 0.415. The minimum absolute atomic E-state index is 0.00461. The first-order valence-electron chi connectivity index (χ1n) is 18.1. The summed E-state index contributed by atoms with van der Waals surface area (Å²) in [7, 11) is 3.35. The van der Waals surface area contributed by atoms with Crippen LogP contribution in [0.25, 0.3) is 11.3 Å². The Hall–Kier alpha value is -4.84. The van der Waals surface area contributed by atoms with Crippen LogP contribution in [0.2, 0.25) is 0 Å². The summed E-state index contributed by atoms with van der Waals surface area (Å²) in [4.78, 5) is 49.4. The van der Waals surface area contributed by atoms with Gasteiger partial charge in [-0.2, -0.15) is 0 Å². The van der Waals surface area contributed by atoms with E-state index in [0.29, 0.717) is 35.8 Å². The second-order valence-electron chi connectivity index (χ2n) is 14.4. The number of carbonyl (C=O) groups is 2. The number of rotatable bonds is 13. The summed E-state index contributed by atoms with van der Waals surface area (Å²) in [5, 5.41) is 9.36. The zero-order chi connectivity index (χ0) is 37.4. The van der Waals surface area contributed by atoms with Crippen LogP contribution in [0.15, 0.2) is 77.7 Å². The van der Waals surface area contributed by atoms with Crippen LogP contribution in [0, 0.1) is 6.92 Å². The SMILES string of the molecule is CCN1CCN(C(C(=O)NCCCOC)c2ccc(Nc3nc(-c4cccc(NC(=O)c5ccc(C(C)(C)C)cc5)c4C)cn(C)c3=O)cc2)CC1. The zero-order valence-corrected chi connectivity index (χ0v) is 31.6. The Morgan fingerprint density at radius 3 is 2.29 bits per heavy atom. The van der Waals surface area contributed by atoms with Gasteiger partial charge >= 0.3 is 0 Å². The van der Waals surface area contributed by atoms with Crippen molar-refractivity contribution in [3.8, 4) is 11.3 Å². The third-order valence-electron chi connectivity index (χ3n) is 9.72. The summed E-state index contributed by atoms with van der Waals surface area (Å²) < 4.78 is 6.65. The fourth-order valence-electron chi connectivity index (χ4n) is 6.46. The lowest BCUT2D eigenvalue weighted by atomic mass is 9.86. The Kier molecular flexibility index (Phi) is 12.6. The minimum atomic E-state index is -0.427. The number of amides is 2. The molecule has 0 saturated carbocycles. The van der Waals surface area contributed by atoms with Crippen molar-refractivity contribution in [1.29, 1.82) is 0 Å². The molecule has 1 aromatic heterocycles. The van der Waals surface area contributed by atoms with Gasteiger partial charge in [0.05, 0.1) is 5.69 Å². The number of piperazine rings is 1. The van der Waals surface area contributed by atoms with E-state index >= 15 is 0 Å². The van der Waals surface area contributed by atoms with E-state index in [9.17, 15) is 14.4 Å². The van der Waals surface area contributed by atoms with Crippen molar-refractivity contribution in [2.75, 3.05) is 63.6 Å². The number of ether oxygens (including phenoxy) is 1. The van der Waals surface area contributed by atoms with Crippen LogP contribution in [0.1, 0.15) is 67.2 Å². The largest absolute Gasteiger partial charge is 0.385 e. The molecule has 3 aromatic carbocycles. The average molecular weight is 708 g/mol. The van der Waals surface area contributed by atoms with Crippen molar-refractivity contribution in [2.24, 2.45) is 7.05 Å². The van der Waals surface area contributed by atoms with Crippen LogP contribution in [0.3, 0.4) is 0 Å². The lowest BCUT2D eigenvalue weighted by Crippen LogP contribution is -2.51. The molecule has 11 heteroatoms. The van der Waals surface area contributed by atoms with Gasteiger partial charge in [0, 0.05) is 82.2 Å². The molecule has 0 radical (unpaired) electrons. The van der Waals surface area contributed by atoms with Crippen molar-refractivity contribution in [2.45, 2.75) is 52.5 Å². The van der Waals surface area contributed by atoms with Crippen LogP contribution in [0.5, 0.6) is 0 Å². The van der Waals surface area contributed by atoms with Gasteiger partial charge < -0.3 is 30.2 Å². The maximum Gasteiger partial charge on any atom is 0.293 e. The summed E-state index contributed by atoms with van der Waals surface area (Å²) in [6.45, 7) is 16.1. The molecule has 1 atom stereocenters. The number of aryl methyl sites for hydroxylation is 1. The molecule has 5 rings (SSSR count). The molecule has 1 fully saturated rings. The van der Waals surface area contributed by atoms with E-state index in [0.717, 1.165) is 61.4 Å². The van der Waals surface area contributed by atoms with Crippen LogP contribution in [0.4, 0.5) is 17.2 Å². The highest BCUT2D eigenvalue weighted by Crippen LogP contribution is 2.30. The van der Waals surface area contributed by atoms with Gasteiger partial charge in [-0.15, -0.1) is 0 Å². The third kappa shape index (κ3) is 9.33. The minimum Gasteiger partial charge on any atom is -0.385 e. The standard InChI is InChI=1S/C41H53N7O4/c1-8-47-22-24-48(25-23-47)36(39(50)42-21-10-26-52-7)29-15-19-32(20-16-29)43-37-40(51)46(6)27-35(44-37)33-11-9-12-34(28(33)2)45-38(49)30-13-17-31(18-14-30)41(3,4)5/h9,11-20,27,36H,8,10,21-26H2,1-7H3,(H,42,50)(H,43,44)(H,45,49).